The summed E-state index contributed by atoms with van der Waals surface area (Å²) in [5.41, 5.74) is 5.29. The quantitative estimate of drug-likeness (QED) is 0.539. The van der Waals surface area contributed by atoms with Gasteiger partial charge in [-0.1, -0.05) is 36.4 Å². The zero-order valence-corrected chi connectivity index (χ0v) is 19.5. The SMILES string of the molecule is CCOC(=O)C1=c2sc(=Cc3ccccc3F)c(=O)n2C(N)=C(C(=O)OC)C1c1ccccc1F. The number of carbonyl (C=O) groups is 2. The van der Waals surface area contributed by atoms with Crippen LogP contribution in [0.2, 0.25) is 0 Å². The molecule has 1 aromatic heterocycles. The van der Waals surface area contributed by atoms with Crippen molar-refractivity contribution in [3.63, 3.8) is 0 Å². The first-order valence-corrected chi connectivity index (χ1v) is 11.3. The summed E-state index contributed by atoms with van der Waals surface area (Å²) < 4.78 is 40.4. The first kappa shape index (κ1) is 24.1. The van der Waals surface area contributed by atoms with E-state index in [1.807, 2.05) is 0 Å². The summed E-state index contributed by atoms with van der Waals surface area (Å²) in [5, 5.41) is 0. The van der Waals surface area contributed by atoms with E-state index in [9.17, 15) is 23.2 Å². The number of carbonyl (C=O) groups excluding carboxylic acids is 2. The van der Waals surface area contributed by atoms with Crippen LogP contribution in [-0.4, -0.2) is 30.2 Å². The second kappa shape index (κ2) is 9.67. The molecule has 4 rings (SSSR count). The number of nitrogens with zero attached hydrogens (tertiary/aromatic N) is 1. The van der Waals surface area contributed by atoms with Crippen LogP contribution in [0.15, 0.2) is 58.9 Å². The van der Waals surface area contributed by atoms with E-state index in [0.29, 0.717) is 0 Å². The summed E-state index contributed by atoms with van der Waals surface area (Å²) in [6.45, 7) is 1.58. The van der Waals surface area contributed by atoms with Gasteiger partial charge in [-0.05, 0) is 25.1 Å². The number of nitrogens with two attached hydrogens (primary N) is 1. The molecule has 0 amide bonds. The van der Waals surface area contributed by atoms with Gasteiger partial charge >= 0.3 is 11.9 Å². The summed E-state index contributed by atoms with van der Waals surface area (Å²) in [4.78, 5) is 39.4. The number of halogens is 2. The van der Waals surface area contributed by atoms with E-state index in [4.69, 9.17) is 15.2 Å². The molecule has 7 nitrogen and oxygen atoms in total. The topological polar surface area (TPSA) is 101 Å². The van der Waals surface area contributed by atoms with Gasteiger partial charge in [0.2, 0.25) is 0 Å². The Labute approximate surface area is 202 Å². The van der Waals surface area contributed by atoms with Crippen molar-refractivity contribution in [3.8, 4) is 0 Å². The molecule has 1 aliphatic heterocycles. The maximum absolute atomic E-state index is 15.0. The Kier molecular flexibility index (Phi) is 6.65. The molecule has 0 radical (unpaired) electrons. The molecule has 0 saturated heterocycles. The maximum Gasteiger partial charge on any atom is 0.338 e. The highest BCUT2D eigenvalue weighted by Crippen LogP contribution is 2.38. The molecule has 0 bridgehead atoms. The molecular weight excluding hydrogens is 478 g/mol. The van der Waals surface area contributed by atoms with Crippen molar-refractivity contribution in [1.29, 1.82) is 0 Å². The van der Waals surface area contributed by atoms with Crippen LogP contribution in [-0.2, 0) is 19.1 Å². The number of benzene rings is 2. The van der Waals surface area contributed by atoms with E-state index in [1.165, 1.54) is 42.5 Å². The average Bonchev–Trinajstić information content (AvgIpc) is 3.16. The lowest BCUT2D eigenvalue weighted by atomic mass is 9.83. The van der Waals surface area contributed by atoms with Crippen molar-refractivity contribution in [2.24, 2.45) is 5.73 Å². The number of ether oxygens (including phenoxy) is 2. The normalized spacial score (nSPS) is 15.7. The Morgan fingerprint density at radius 3 is 2.34 bits per heavy atom. The molecule has 0 aliphatic carbocycles. The number of fused-ring (bicyclic) bond motifs is 1. The van der Waals surface area contributed by atoms with E-state index < -0.39 is 35.1 Å². The largest absolute Gasteiger partial charge is 0.466 e. The number of thiazole rings is 1. The summed E-state index contributed by atoms with van der Waals surface area (Å²) in [6.07, 6.45) is 1.32. The molecule has 1 aliphatic rings. The second-order valence-electron chi connectivity index (χ2n) is 7.46. The molecule has 1 atom stereocenters. The monoisotopic (exact) mass is 498 g/mol. The number of hydrogen-bond acceptors (Lipinski definition) is 7. The van der Waals surface area contributed by atoms with Gasteiger partial charge in [-0.25, -0.2) is 18.4 Å². The molecule has 0 fully saturated rings. The number of aromatic nitrogens is 1. The van der Waals surface area contributed by atoms with Crippen molar-refractivity contribution in [1.82, 2.24) is 4.57 Å². The predicted molar refractivity (Wildman–Crippen MR) is 126 cm³/mol. The molecule has 1 unspecified atom stereocenters. The smallest absolute Gasteiger partial charge is 0.338 e. The molecule has 0 saturated carbocycles. The number of esters is 2. The molecule has 2 N–H and O–H groups in total. The molecule has 3 aromatic rings. The summed E-state index contributed by atoms with van der Waals surface area (Å²) in [5.74, 6) is -4.67. The Balaban J connectivity index is 2.16. The molecule has 10 heteroatoms. The van der Waals surface area contributed by atoms with Crippen LogP contribution in [0.5, 0.6) is 0 Å². The van der Waals surface area contributed by atoms with E-state index in [-0.39, 0.29) is 43.9 Å². The minimum atomic E-state index is -1.30. The molecular formula is C25H20F2N2O5S. The predicted octanol–water partition coefficient (Wildman–Crippen LogP) is 1.83. The van der Waals surface area contributed by atoms with Gasteiger partial charge in [0.25, 0.3) is 5.56 Å². The Bertz CT molecular complexity index is 1550. The lowest BCUT2D eigenvalue weighted by molar-refractivity contribution is -0.136. The van der Waals surface area contributed by atoms with E-state index >= 15 is 0 Å². The van der Waals surface area contributed by atoms with E-state index in [0.717, 1.165) is 23.0 Å². The van der Waals surface area contributed by atoms with Gasteiger partial charge in [0.1, 0.15) is 22.1 Å². The Hall–Kier alpha value is -4.05. The fraction of sp³-hybridized carbons (Fsp3) is 0.160. The van der Waals surface area contributed by atoms with Crippen molar-refractivity contribution >= 4 is 40.7 Å². The van der Waals surface area contributed by atoms with Gasteiger partial charge in [-0.3, -0.25) is 9.36 Å². The maximum atomic E-state index is 15.0. The third-order valence-corrected chi connectivity index (χ3v) is 6.57. The molecule has 2 heterocycles. The van der Waals surface area contributed by atoms with Crippen LogP contribution in [0, 0.1) is 11.6 Å². The Morgan fingerprint density at radius 2 is 1.71 bits per heavy atom. The highest BCUT2D eigenvalue weighted by Gasteiger charge is 2.40. The van der Waals surface area contributed by atoms with Gasteiger partial charge in [0.05, 0.1) is 35.3 Å². The molecule has 2 aromatic carbocycles. The highest BCUT2D eigenvalue weighted by atomic mass is 32.1. The first-order chi connectivity index (χ1) is 16.8. The summed E-state index contributed by atoms with van der Waals surface area (Å²) in [7, 11) is 1.11. The first-order valence-electron chi connectivity index (χ1n) is 10.5. The number of methoxy groups -OCH3 is 1. The van der Waals surface area contributed by atoms with Gasteiger partial charge in [-0.2, -0.15) is 0 Å². The second-order valence-corrected chi connectivity index (χ2v) is 8.49. The van der Waals surface area contributed by atoms with Crippen LogP contribution in [0.1, 0.15) is 24.0 Å². The van der Waals surface area contributed by atoms with Crippen LogP contribution in [0.4, 0.5) is 8.78 Å². The highest BCUT2D eigenvalue weighted by molar-refractivity contribution is 7.07. The third-order valence-electron chi connectivity index (χ3n) is 5.46. The lowest BCUT2D eigenvalue weighted by Gasteiger charge is -2.27. The fourth-order valence-corrected chi connectivity index (χ4v) is 5.07. The fourth-order valence-electron chi connectivity index (χ4n) is 3.92. The van der Waals surface area contributed by atoms with E-state index in [1.54, 1.807) is 19.1 Å². The van der Waals surface area contributed by atoms with Gasteiger partial charge in [-0.15, -0.1) is 11.3 Å². The number of hydrogen-bond donors (Lipinski definition) is 1. The molecule has 180 valence electrons. The van der Waals surface area contributed by atoms with Crippen LogP contribution >= 0.6 is 11.3 Å². The zero-order valence-electron chi connectivity index (χ0n) is 18.7. The lowest BCUT2D eigenvalue weighted by Crippen LogP contribution is -2.42. The van der Waals surface area contributed by atoms with Crippen molar-refractivity contribution < 1.29 is 27.8 Å². The van der Waals surface area contributed by atoms with Crippen molar-refractivity contribution in [3.05, 3.63) is 96.4 Å². The third kappa shape index (κ3) is 4.17. The van der Waals surface area contributed by atoms with Crippen molar-refractivity contribution in [2.45, 2.75) is 12.8 Å². The summed E-state index contributed by atoms with van der Waals surface area (Å²) >= 11 is 0.859. The standard InChI is InChI=1S/C25H20F2N2O5S/c1-3-34-25(32)20-18(14-9-5-7-11-16(14)27)19(24(31)33-2)21(28)29-22(30)17(35-23(20)29)12-13-8-4-6-10-15(13)26/h4-12,18H,3,28H2,1-2H3. The average molecular weight is 499 g/mol. The van der Waals surface area contributed by atoms with Crippen LogP contribution in [0.3, 0.4) is 0 Å². The van der Waals surface area contributed by atoms with Gasteiger partial charge < -0.3 is 15.2 Å². The minimum absolute atomic E-state index is 0.0110. The van der Waals surface area contributed by atoms with Crippen LogP contribution < -0.4 is 20.5 Å². The van der Waals surface area contributed by atoms with Gasteiger partial charge in [0, 0.05) is 11.1 Å². The van der Waals surface area contributed by atoms with E-state index in [2.05, 4.69) is 0 Å². The van der Waals surface area contributed by atoms with Crippen LogP contribution in [0.25, 0.3) is 17.5 Å². The molecule has 0 spiro atoms. The molecule has 35 heavy (non-hydrogen) atoms. The zero-order chi connectivity index (χ0) is 25.3. The minimum Gasteiger partial charge on any atom is -0.466 e. The number of rotatable bonds is 5. The summed E-state index contributed by atoms with van der Waals surface area (Å²) in [6, 6.07) is 11.4. The van der Waals surface area contributed by atoms with Gasteiger partial charge in [0.15, 0.2) is 0 Å². The Morgan fingerprint density at radius 1 is 1.06 bits per heavy atom. The van der Waals surface area contributed by atoms with Crippen molar-refractivity contribution in [2.75, 3.05) is 13.7 Å².